The van der Waals surface area contributed by atoms with Crippen LogP contribution in [0.1, 0.15) is 17.2 Å². The Kier molecular flexibility index (Phi) is 5.87. The maximum absolute atomic E-state index is 13.1. The smallest absolute Gasteiger partial charge is 0.295 e. The monoisotopic (exact) mass is 436 g/mol. The molecule has 1 saturated heterocycles. The van der Waals surface area contributed by atoms with Gasteiger partial charge in [0.15, 0.2) is 11.5 Å². The zero-order chi connectivity index (χ0) is 22.8. The number of amides is 1. The van der Waals surface area contributed by atoms with Crippen molar-refractivity contribution in [2.45, 2.75) is 6.04 Å². The van der Waals surface area contributed by atoms with Crippen LogP contribution in [0.15, 0.2) is 54.2 Å². The van der Waals surface area contributed by atoms with E-state index >= 15 is 0 Å². The normalized spacial score (nSPS) is 17.8. The van der Waals surface area contributed by atoms with Crippen molar-refractivity contribution in [1.29, 1.82) is 0 Å². The summed E-state index contributed by atoms with van der Waals surface area (Å²) in [5.74, 6) is -0.705. The van der Waals surface area contributed by atoms with Gasteiger partial charge < -0.3 is 29.2 Å². The summed E-state index contributed by atoms with van der Waals surface area (Å²) < 4.78 is 15.9. The number of fused-ring (bicyclic) bond motifs is 1. The van der Waals surface area contributed by atoms with E-state index in [1.807, 2.05) is 24.3 Å². The van der Waals surface area contributed by atoms with Crippen molar-refractivity contribution in [1.82, 2.24) is 9.88 Å². The number of H-pyrrole nitrogens is 1. The Morgan fingerprint density at radius 2 is 1.81 bits per heavy atom. The van der Waals surface area contributed by atoms with Crippen molar-refractivity contribution >= 4 is 28.4 Å². The zero-order valence-corrected chi connectivity index (χ0v) is 18.0. The van der Waals surface area contributed by atoms with Crippen LogP contribution in [0, 0.1) is 0 Å². The molecule has 1 atom stereocenters. The van der Waals surface area contributed by atoms with Crippen molar-refractivity contribution in [3.8, 4) is 11.5 Å². The van der Waals surface area contributed by atoms with E-state index in [1.54, 1.807) is 24.4 Å². The van der Waals surface area contributed by atoms with Crippen LogP contribution in [0.2, 0.25) is 0 Å². The van der Waals surface area contributed by atoms with E-state index < -0.39 is 17.7 Å². The first-order valence-corrected chi connectivity index (χ1v) is 10.1. The number of ether oxygens (including phenoxy) is 3. The molecule has 2 heterocycles. The summed E-state index contributed by atoms with van der Waals surface area (Å²) in [5, 5.41) is 12.0. The van der Waals surface area contributed by atoms with Gasteiger partial charge in [-0.1, -0.05) is 24.3 Å². The highest BCUT2D eigenvalue weighted by molar-refractivity contribution is 6.46. The van der Waals surface area contributed by atoms with Crippen LogP contribution < -0.4 is 9.47 Å². The van der Waals surface area contributed by atoms with Crippen LogP contribution in [0.25, 0.3) is 16.7 Å². The number of aromatic amines is 1. The highest BCUT2D eigenvalue weighted by atomic mass is 16.5. The van der Waals surface area contributed by atoms with Crippen LogP contribution in [0.4, 0.5) is 0 Å². The first kappa shape index (κ1) is 21.5. The van der Waals surface area contributed by atoms with E-state index in [0.717, 1.165) is 10.9 Å². The topological polar surface area (TPSA) is 101 Å². The number of aliphatic hydroxyl groups is 1. The minimum Gasteiger partial charge on any atom is -0.507 e. The van der Waals surface area contributed by atoms with Crippen molar-refractivity contribution in [3.63, 3.8) is 0 Å². The van der Waals surface area contributed by atoms with E-state index in [1.165, 1.54) is 26.2 Å². The zero-order valence-electron chi connectivity index (χ0n) is 18.0. The molecule has 8 heteroatoms. The number of carbonyl (C=O) groups excluding carboxylic acids is 2. The van der Waals surface area contributed by atoms with Gasteiger partial charge in [-0.15, -0.1) is 0 Å². The van der Waals surface area contributed by atoms with Gasteiger partial charge in [0.2, 0.25) is 0 Å². The lowest BCUT2D eigenvalue weighted by Gasteiger charge is -2.25. The van der Waals surface area contributed by atoms with Crippen LogP contribution in [0.3, 0.4) is 0 Å². The molecular formula is C24H24N2O6. The Hall–Kier alpha value is -3.78. The van der Waals surface area contributed by atoms with Gasteiger partial charge in [-0.2, -0.15) is 0 Å². The van der Waals surface area contributed by atoms with Crippen molar-refractivity contribution < 1.29 is 28.9 Å². The van der Waals surface area contributed by atoms with Crippen molar-refractivity contribution in [2.24, 2.45) is 0 Å². The number of carbonyl (C=O) groups is 2. The van der Waals surface area contributed by atoms with E-state index in [4.69, 9.17) is 14.2 Å². The number of rotatable bonds is 7. The second kappa shape index (κ2) is 8.76. The van der Waals surface area contributed by atoms with Crippen molar-refractivity contribution in [2.75, 3.05) is 34.5 Å². The van der Waals surface area contributed by atoms with Crippen LogP contribution in [-0.2, 0) is 14.3 Å². The third-order valence-corrected chi connectivity index (χ3v) is 5.64. The molecule has 1 aromatic heterocycles. The highest BCUT2D eigenvalue weighted by Crippen LogP contribution is 2.42. The number of aromatic nitrogens is 1. The van der Waals surface area contributed by atoms with Gasteiger partial charge in [-0.3, -0.25) is 9.59 Å². The Bertz CT molecular complexity index is 1210. The number of nitrogens with one attached hydrogen (secondary N) is 1. The largest absolute Gasteiger partial charge is 0.507 e. The molecule has 4 rings (SSSR count). The van der Waals surface area contributed by atoms with Gasteiger partial charge in [-0.25, -0.2) is 0 Å². The van der Waals surface area contributed by atoms with E-state index in [9.17, 15) is 14.7 Å². The van der Waals surface area contributed by atoms with E-state index in [0.29, 0.717) is 22.6 Å². The molecule has 0 radical (unpaired) electrons. The molecule has 166 valence electrons. The molecule has 0 aliphatic carbocycles. The molecule has 32 heavy (non-hydrogen) atoms. The molecule has 1 unspecified atom stereocenters. The minimum absolute atomic E-state index is 0.0167. The van der Waals surface area contributed by atoms with Gasteiger partial charge in [0.1, 0.15) is 5.76 Å². The second-order valence-corrected chi connectivity index (χ2v) is 7.35. The second-order valence-electron chi connectivity index (χ2n) is 7.35. The lowest BCUT2D eigenvalue weighted by molar-refractivity contribution is -0.140. The molecule has 0 saturated carbocycles. The molecular weight excluding hydrogens is 412 g/mol. The van der Waals surface area contributed by atoms with Crippen molar-refractivity contribution in [3.05, 3.63) is 65.4 Å². The predicted octanol–water partition coefficient (Wildman–Crippen LogP) is 3.25. The Labute approximate surface area is 185 Å². The summed E-state index contributed by atoms with van der Waals surface area (Å²) in [6, 6.07) is 11.8. The number of benzene rings is 2. The van der Waals surface area contributed by atoms with Gasteiger partial charge >= 0.3 is 0 Å². The first-order chi connectivity index (χ1) is 15.5. The number of likely N-dealkylation sites (tertiary alicyclic amines) is 1. The number of Topliss-reactive ketones (excluding diaryl/α,β-unsaturated/α-hetero) is 1. The van der Waals surface area contributed by atoms with E-state index in [-0.39, 0.29) is 24.5 Å². The fourth-order valence-electron chi connectivity index (χ4n) is 4.08. The maximum atomic E-state index is 13.1. The fraction of sp³-hybridized carbons (Fsp3) is 0.250. The van der Waals surface area contributed by atoms with Gasteiger partial charge in [0.05, 0.1) is 32.4 Å². The average molecular weight is 436 g/mol. The van der Waals surface area contributed by atoms with Crippen LogP contribution in [0.5, 0.6) is 11.5 Å². The molecule has 8 nitrogen and oxygen atoms in total. The molecule has 1 aliphatic heterocycles. The van der Waals surface area contributed by atoms with E-state index in [2.05, 4.69) is 4.98 Å². The number of hydrogen-bond acceptors (Lipinski definition) is 6. The summed E-state index contributed by atoms with van der Waals surface area (Å²) in [6.07, 6.45) is 1.63. The predicted molar refractivity (Wildman–Crippen MR) is 119 cm³/mol. The fourth-order valence-corrected chi connectivity index (χ4v) is 4.08. The maximum Gasteiger partial charge on any atom is 0.295 e. The molecule has 2 N–H and O–H groups in total. The Morgan fingerprint density at radius 3 is 2.53 bits per heavy atom. The first-order valence-electron chi connectivity index (χ1n) is 10.1. The molecule has 2 aromatic carbocycles. The minimum atomic E-state index is -0.807. The summed E-state index contributed by atoms with van der Waals surface area (Å²) >= 11 is 0. The average Bonchev–Trinajstić information content (AvgIpc) is 3.36. The summed E-state index contributed by atoms with van der Waals surface area (Å²) in [6.45, 7) is 0.425. The summed E-state index contributed by atoms with van der Waals surface area (Å²) in [4.78, 5) is 30.5. The standard InChI is InChI=1S/C24H24N2O6/c1-30-11-10-26-21(14-8-9-18(31-2)19(12-14)32-3)20(23(28)24(26)29)22(27)16-13-25-17-7-5-4-6-15(16)17/h4-9,12-13,21,25,27H,10-11H2,1-3H3/b22-20-. The Morgan fingerprint density at radius 1 is 1.06 bits per heavy atom. The molecule has 3 aromatic rings. The van der Waals surface area contributed by atoms with Crippen LogP contribution >= 0.6 is 0 Å². The molecule has 0 bridgehead atoms. The van der Waals surface area contributed by atoms with Gasteiger partial charge in [0.25, 0.3) is 11.7 Å². The van der Waals surface area contributed by atoms with Gasteiger partial charge in [0, 0.05) is 36.3 Å². The number of methoxy groups -OCH3 is 3. The summed E-state index contributed by atoms with van der Waals surface area (Å²) in [7, 11) is 4.56. The molecule has 1 aliphatic rings. The quantitative estimate of drug-likeness (QED) is 0.335. The van der Waals surface area contributed by atoms with Gasteiger partial charge in [-0.05, 0) is 23.8 Å². The molecule has 1 fully saturated rings. The number of para-hydroxylation sites is 1. The SMILES string of the molecule is COCCN1C(=O)C(=O)/C(=C(\O)c2c[nH]c3ccccc23)C1c1ccc(OC)c(OC)c1. The number of hydrogen-bond donors (Lipinski definition) is 2. The highest BCUT2D eigenvalue weighted by Gasteiger charge is 2.46. The van der Waals surface area contributed by atoms with Crippen LogP contribution in [-0.4, -0.2) is 61.2 Å². The third-order valence-electron chi connectivity index (χ3n) is 5.64. The molecule has 1 amide bonds. The number of ketones is 1. The Balaban J connectivity index is 1.92. The third kappa shape index (κ3) is 3.48. The summed E-state index contributed by atoms with van der Waals surface area (Å²) in [5.41, 5.74) is 1.89. The molecule has 0 spiro atoms. The lowest BCUT2D eigenvalue weighted by Crippen LogP contribution is -2.32. The number of aliphatic hydroxyl groups excluding tert-OH is 1. The number of nitrogens with zero attached hydrogens (tertiary/aromatic N) is 1. The lowest BCUT2D eigenvalue weighted by atomic mass is 9.95.